The van der Waals surface area contributed by atoms with E-state index in [2.05, 4.69) is 15.7 Å². The minimum Gasteiger partial charge on any atom is -0.378 e. The number of hydrogen-bond acceptors (Lipinski definition) is 4. The lowest BCUT2D eigenvalue weighted by molar-refractivity contribution is -0.132. The molecule has 0 bridgehead atoms. The monoisotopic (exact) mass is 532 g/mol. The predicted octanol–water partition coefficient (Wildman–Crippen LogP) is 5.09. The van der Waals surface area contributed by atoms with E-state index in [1.165, 1.54) is 25.1 Å². The summed E-state index contributed by atoms with van der Waals surface area (Å²) in [6, 6.07) is 10.4. The van der Waals surface area contributed by atoms with Crippen LogP contribution in [0, 0.1) is 11.6 Å². The van der Waals surface area contributed by atoms with Crippen molar-refractivity contribution in [2.24, 2.45) is 0 Å². The van der Waals surface area contributed by atoms with Gasteiger partial charge in [-0.2, -0.15) is 5.10 Å². The van der Waals surface area contributed by atoms with Crippen LogP contribution in [0.2, 0.25) is 5.02 Å². The number of rotatable bonds is 8. The van der Waals surface area contributed by atoms with Crippen LogP contribution in [0.1, 0.15) is 63.5 Å². The molecule has 10 heteroatoms. The highest BCUT2D eigenvalue weighted by Crippen LogP contribution is 2.27. The Morgan fingerprint density at radius 1 is 1.03 bits per heavy atom. The van der Waals surface area contributed by atoms with Gasteiger partial charge in [-0.15, -0.1) is 0 Å². The van der Waals surface area contributed by atoms with Crippen molar-refractivity contribution in [3.8, 4) is 0 Å². The number of nitrogens with zero attached hydrogens (tertiary/aromatic N) is 2. The second-order valence-corrected chi connectivity index (χ2v) is 10.5. The molecule has 2 amide bonds. The molecule has 1 aromatic heterocycles. The van der Waals surface area contributed by atoms with Gasteiger partial charge in [0.1, 0.15) is 23.5 Å². The first-order chi connectivity index (χ1) is 17.2. The van der Waals surface area contributed by atoms with E-state index >= 15 is 0 Å². The van der Waals surface area contributed by atoms with E-state index in [9.17, 15) is 23.5 Å². The van der Waals surface area contributed by atoms with Crippen LogP contribution in [0.5, 0.6) is 0 Å². The van der Waals surface area contributed by atoms with Gasteiger partial charge >= 0.3 is 0 Å². The molecular formula is C27H31ClF2N4O3. The van der Waals surface area contributed by atoms with E-state index in [-0.39, 0.29) is 5.92 Å². The van der Waals surface area contributed by atoms with E-state index in [0.717, 1.165) is 6.07 Å². The third kappa shape index (κ3) is 7.36. The van der Waals surface area contributed by atoms with Crippen molar-refractivity contribution in [2.75, 3.05) is 5.32 Å². The molecule has 0 saturated heterocycles. The number of nitrogens with one attached hydrogen (secondary N) is 2. The fraction of sp³-hybridized carbons (Fsp3) is 0.370. The highest BCUT2D eigenvalue weighted by molar-refractivity contribution is 6.30. The number of anilines is 1. The Kier molecular flexibility index (Phi) is 8.71. The first-order valence-corrected chi connectivity index (χ1v) is 12.2. The predicted molar refractivity (Wildman–Crippen MR) is 138 cm³/mol. The molecule has 2 aromatic carbocycles. The molecule has 0 spiro atoms. The number of carbonyl (C=O) groups excluding carboxylic acids is 2. The second kappa shape index (κ2) is 11.4. The van der Waals surface area contributed by atoms with Crippen LogP contribution >= 0.6 is 11.6 Å². The van der Waals surface area contributed by atoms with Crippen molar-refractivity contribution in [2.45, 2.75) is 64.6 Å². The average Bonchev–Trinajstić information content (AvgIpc) is 3.20. The standard InChI is InChI=1S/C27H31ClF2N4O3/c1-15(18-11-20(29)13-21(30)12-18)9-22-14-23(34(33-22)27(3,4)5)32-25(36)16(2)31-26(37)24(35)17-7-6-8-19(28)10-17/h6-8,10-16,24,35H,9H2,1-5H3,(H,31,37)(H,32,36). The van der Waals surface area contributed by atoms with Crippen molar-refractivity contribution in [3.63, 3.8) is 0 Å². The van der Waals surface area contributed by atoms with Crippen LogP contribution in [0.3, 0.4) is 0 Å². The smallest absolute Gasteiger partial charge is 0.254 e. The zero-order valence-electron chi connectivity index (χ0n) is 21.3. The van der Waals surface area contributed by atoms with Crippen LogP contribution in [0.4, 0.5) is 14.6 Å². The summed E-state index contributed by atoms with van der Waals surface area (Å²) < 4.78 is 29.0. The van der Waals surface area contributed by atoms with Crippen LogP contribution in [-0.4, -0.2) is 32.7 Å². The molecule has 198 valence electrons. The maximum Gasteiger partial charge on any atom is 0.254 e. The minimum atomic E-state index is -1.49. The van der Waals surface area contributed by atoms with Gasteiger partial charge in [0.05, 0.1) is 11.2 Å². The number of aromatic nitrogens is 2. The van der Waals surface area contributed by atoms with E-state index in [4.69, 9.17) is 11.6 Å². The lowest BCUT2D eigenvalue weighted by Gasteiger charge is -2.23. The van der Waals surface area contributed by atoms with Gasteiger partial charge in [-0.1, -0.05) is 30.7 Å². The van der Waals surface area contributed by atoms with Crippen LogP contribution in [-0.2, 0) is 21.5 Å². The summed E-state index contributed by atoms with van der Waals surface area (Å²) in [6.45, 7) is 9.08. The maximum absolute atomic E-state index is 13.7. The van der Waals surface area contributed by atoms with E-state index < -0.39 is 41.1 Å². The summed E-state index contributed by atoms with van der Waals surface area (Å²) >= 11 is 5.93. The van der Waals surface area contributed by atoms with Gasteiger partial charge in [-0.25, -0.2) is 13.5 Å². The first kappa shape index (κ1) is 28.3. The fourth-order valence-electron chi connectivity index (χ4n) is 3.84. The van der Waals surface area contributed by atoms with Gasteiger partial charge in [0.25, 0.3) is 5.91 Å². The SMILES string of the molecule is CC(NC(=O)C(O)c1cccc(Cl)c1)C(=O)Nc1cc(CC(C)c2cc(F)cc(F)c2)nn1C(C)(C)C. The zero-order valence-corrected chi connectivity index (χ0v) is 22.1. The molecule has 3 N–H and O–H groups in total. The molecule has 0 aliphatic rings. The van der Waals surface area contributed by atoms with E-state index in [1.54, 1.807) is 28.9 Å². The van der Waals surface area contributed by atoms with Crippen molar-refractivity contribution in [3.05, 3.63) is 82.0 Å². The molecule has 1 heterocycles. The van der Waals surface area contributed by atoms with Crippen LogP contribution < -0.4 is 10.6 Å². The number of aliphatic hydroxyl groups is 1. The molecule has 3 aromatic rings. The largest absolute Gasteiger partial charge is 0.378 e. The highest BCUT2D eigenvalue weighted by atomic mass is 35.5. The Morgan fingerprint density at radius 3 is 2.27 bits per heavy atom. The molecule has 0 aliphatic heterocycles. The maximum atomic E-state index is 13.7. The zero-order chi connectivity index (χ0) is 27.5. The first-order valence-electron chi connectivity index (χ1n) is 11.8. The summed E-state index contributed by atoms with van der Waals surface area (Å²) in [7, 11) is 0. The van der Waals surface area contributed by atoms with Crippen LogP contribution in [0.25, 0.3) is 0 Å². The molecular weight excluding hydrogens is 502 g/mol. The number of amides is 2. The Hall–Kier alpha value is -3.30. The lowest BCUT2D eigenvalue weighted by atomic mass is 9.96. The number of benzene rings is 2. The Labute approximate surface area is 219 Å². The summed E-state index contributed by atoms with van der Waals surface area (Å²) in [5.41, 5.74) is 0.934. The van der Waals surface area contributed by atoms with Gasteiger partial charge in [-0.05, 0) is 75.4 Å². The van der Waals surface area contributed by atoms with Gasteiger partial charge in [-0.3, -0.25) is 9.59 Å². The number of aliphatic hydroxyl groups excluding tert-OH is 1. The van der Waals surface area contributed by atoms with Gasteiger partial charge in [0.15, 0.2) is 6.10 Å². The third-order valence-electron chi connectivity index (χ3n) is 5.78. The van der Waals surface area contributed by atoms with Crippen molar-refractivity contribution in [1.82, 2.24) is 15.1 Å². The third-order valence-corrected chi connectivity index (χ3v) is 6.02. The normalized spacial score (nSPS) is 14.1. The minimum absolute atomic E-state index is 0.233. The van der Waals surface area contributed by atoms with Crippen molar-refractivity contribution in [1.29, 1.82) is 0 Å². The van der Waals surface area contributed by atoms with E-state index in [0.29, 0.717) is 34.1 Å². The molecule has 3 atom stereocenters. The Morgan fingerprint density at radius 2 is 1.68 bits per heavy atom. The topological polar surface area (TPSA) is 96.2 Å². The quantitative estimate of drug-likeness (QED) is 0.376. The summed E-state index contributed by atoms with van der Waals surface area (Å²) in [4.78, 5) is 25.4. The van der Waals surface area contributed by atoms with Gasteiger partial charge in [0.2, 0.25) is 5.91 Å². The Balaban J connectivity index is 1.73. The summed E-state index contributed by atoms with van der Waals surface area (Å²) in [6.07, 6.45) is -1.11. The molecule has 3 rings (SSSR count). The highest BCUT2D eigenvalue weighted by Gasteiger charge is 2.26. The van der Waals surface area contributed by atoms with Crippen molar-refractivity contribution >= 4 is 29.2 Å². The number of carbonyl (C=O) groups is 2. The lowest BCUT2D eigenvalue weighted by Crippen LogP contribution is -2.44. The average molecular weight is 533 g/mol. The fourth-order valence-corrected chi connectivity index (χ4v) is 4.04. The summed E-state index contributed by atoms with van der Waals surface area (Å²) in [5, 5.41) is 20.6. The molecule has 0 saturated carbocycles. The molecule has 37 heavy (non-hydrogen) atoms. The van der Waals surface area contributed by atoms with E-state index in [1.807, 2.05) is 27.7 Å². The van der Waals surface area contributed by atoms with Crippen molar-refractivity contribution < 1.29 is 23.5 Å². The molecule has 3 unspecified atom stereocenters. The molecule has 0 radical (unpaired) electrons. The molecule has 7 nitrogen and oxygen atoms in total. The Bertz CT molecular complexity index is 1270. The van der Waals surface area contributed by atoms with Gasteiger partial charge < -0.3 is 15.7 Å². The molecule has 0 aliphatic carbocycles. The number of halogens is 3. The van der Waals surface area contributed by atoms with Crippen LogP contribution in [0.15, 0.2) is 48.5 Å². The van der Waals surface area contributed by atoms with Gasteiger partial charge in [0, 0.05) is 17.2 Å². The molecule has 0 fully saturated rings. The summed E-state index contributed by atoms with van der Waals surface area (Å²) in [5.74, 6) is -2.38. The second-order valence-electron chi connectivity index (χ2n) is 10.1. The number of hydrogen-bond donors (Lipinski definition) is 3.